The van der Waals surface area contributed by atoms with Gasteiger partial charge in [-0.1, -0.05) is 112 Å². The van der Waals surface area contributed by atoms with Gasteiger partial charge < -0.3 is 14.0 Å². The normalized spacial score (nSPS) is 11.4. The standard InChI is InChI=1S/C34H28N3O.C13H12N.Ir/c1-20(2)23-13-9-14-24(21(3)4)31(23)37-29-19-22-11-5-7-17-28(22)35-33(29)36-34(37)27-16-10-15-26-25-12-6-8-18-30(25)38-32(26)27;1-10-3-6-12(7-4-10)13-8-5-11(2)9-14-13;/h5-15,17-21H,1-4H3;3-6,8-9H,1-2H3;/q2*-1;. The third kappa shape index (κ3) is 6.81. The van der Waals surface area contributed by atoms with Gasteiger partial charge >= 0.3 is 0 Å². The fourth-order valence-corrected chi connectivity index (χ4v) is 6.92. The number of nitrogens with zero attached hydrogens (tertiary/aromatic N) is 4. The molecule has 0 aliphatic heterocycles. The second-order valence-corrected chi connectivity index (χ2v) is 14.1. The summed E-state index contributed by atoms with van der Waals surface area (Å²) in [4.78, 5) is 14.5. The van der Waals surface area contributed by atoms with Gasteiger partial charge in [0.1, 0.15) is 5.58 Å². The fraction of sp³-hybridized carbons (Fsp3) is 0.170. The molecule has 0 spiro atoms. The quantitative estimate of drug-likeness (QED) is 0.162. The van der Waals surface area contributed by atoms with E-state index in [9.17, 15) is 0 Å². The summed E-state index contributed by atoms with van der Waals surface area (Å²) in [6.07, 6.45) is 1.88. The molecule has 4 aromatic heterocycles. The van der Waals surface area contributed by atoms with Gasteiger partial charge in [0.25, 0.3) is 0 Å². The van der Waals surface area contributed by atoms with Crippen molar-refractivity contribution in [3.8, 4) is 28.3 Å². The largest absolute Gasteiger partial charge is 0.501 e. The molecule has 53 heavy (non-hydrogen) atoms. The molecular weight excluding hydrogens is 829 g/mol. The van der Waals surface area contributed by atoms with E-state index < -0.39 is 0 Å². The molecule has 0 saturated carbocycles. The Kier molecular flexibility index (Phi) is 10.1. The zero-order valence-corrected chi connectivity index (χ0v) is 33.1. The first kappa shape index (κ1) is 36.0. The molecule has 0 N–H and O–H groups in total. The van der Waals surface area contributed by atoms with Crippen LogP contribution in [0.2, 0.25) is 0 Å². The third-order valence-electron chi connectivity index (χ3n) is 9.63. The number of aromatic nitrogens is 4. The SMILES string of the molecule is CC(C)c1cccc(C(C)C)c1-n1c(-c2[c-]ccc3c2oc2ccccc23)nc2nc3ccccc3cc21.Cc1c[c-]c(-c2ccc(C)cn2)cc1.[Ir]. The molecule has 5 aromatic carbocycles. The number of benzene rings is 5. The Balaban J connectivity index is 0.000000245. The maximum absolute atomic E-state index is 6.45. The summed E-state index contributed by atoms with van der Waals surface area (Å²) >= 11 is 0. The number of para-hydroxylation sites is 3. The first-order chi connectivity index (χ1) is 25.3. The first-order valence-electron chi connectivity index (χ1n) is 17.9. The number of aryl methyl sites for hydroxylation is 2. The van der Waals surface area contributed by atoms with Gasteiger partial charge in [-0.3, -0.25) is 4.98 Å². The number of furan rings is 1. The van der Waals surface area contributed by atoms with Crippen molar-refractivity contribution in [2.45, 2.75) is 53.4 Å². The minimum Gasteiger partial charge on any atom is -0.501 e. The zero-order chi connectivity index (χ0) is 35.9. The van der Waals surface area contributed by atoms with Gasteiger partial charge in [-0.15, -0.1) is 53.6 Å². The minimum atomic E-state index is 0. The van der Waals surface area contributed by atoms with Crippen LogP contribution in [0.25, 0.3) is 72.3 Å². The molecular formula is C47H40IrN4O-2. The van der Waals surface area contributed by atoms with E-state index in [-0.39, 0.29) is 20.1 Å². The predicted octanol–water partition coefficient (Wildman–Crippen LogP) is 12.4. The smallest absolute Gasteiger partial charge is 0.168 e. The van der Waals surface area contributed by atoms with Crippen molar-refractivity contribution in [2.75, 3.05) is 0 Å². The van der Waals surface area contributed by atoms with E-state index in [1.54, 1.807) is 0 Å². The maximum Gasteiger partial charge on any atom is 0.168 e. The number of hydrogen-bond acceptors (Lipinski definition) is 4. The maximum atomic E-state index is 6.45. The van der Waals surface area contributed by atoms with Crippen LogP contribution in [0, 0.1) is 26.0 Å². The number of imidazole rings is 1. The number of pyridine rings is 2. The summed E-state index contributed by atoms with van der Waals surface area (Å²) in [5.74, 6) is 1.45. The van der Waals surface area contributed by atoms with Gasteiger partial charge in [0.05, 0.1) is 22.4 Å². The van der Waals surface area contributed by atoms with Crippen LogP contribution in [0.1, 0.15) is 61.8 Å². The van der Waals surface area contributed by atoms with E-state index in [4.69, 9.17) is 14.4 Å². The summed E-state index contributed by atoms with van der Waals surface area (Å²) in [7, 11) is 0. The average molecular weight is 869 g/mol. The monoisotopic (exact) mass is 869 g/mol. The van der Waals surface area contributed by atoms with Crippen molar-refractivity contribution in [3.05, 3.63) is 156 Å². The van der Waals surface area contributed by atoms with Crippen LogP contribution >= 0.6 is 0 Å². The Labute approximate surface area is 324 Å². The van der Waals surface area contributed by atoms with E-state index in [0.717, 1.165) is 61.0 Å². The molecule has 1 radical (unpaired) electrons. The molecule has 0 amide bonds. The molecule has 4 heterocycles. The molecule has 0 aliphatic carbocycles. The van der Waals surface area contributed by atoms with Gasteiger partial charge in [0, 0.05) is 42.8 Å². The van der Waals surface area contributed by atoms with Gasteiger partial charge in [0.15, 0.2) is 5.65 Å². The number of fused-ring (bicyclic) bond motifs is 5. The Bertz CT molecular complexity index is 2630. The fourth-order valence-electron chi connectivity index (χ4n) is 6.92. The van der Waals surface area contributed by atoms with Gasteiger partial charge in [-0.25, -0.2) is 4.98 Å². The van der Waals surface area contributed by atoms with E-state index in [1.165, 1.54) is 27.9 Å². The molecule has 265 valence electrons. The van der Waals surface area contributed by atoms with Crippen LogP contribution in [0.15, 0.2) is 126 Å². The molecule has 0 unspecified atom stereocenters. The summed E-state index contributed by atoms with van der Waals surface area (Å²) in [6, 6.07) is 46.2. The second kappa shape index (κ2) is 14.9. The molecule has 5 nitrogen and oxygen atoms in total. The Morgan fingerprint density at radius 3 is 2.15 bits per heavy atom. The number of rotatable bonds is 5. The molecule has 0 atom stereocenters. The predicted molar refractivity (Wildman–Crippen MR) is 214 cm³/mol. The van der Waals surface area contributed by atoms with E-state index in [1.807, 2.05) is 67.7 Å². The minimum absolute atomic E-state index is 0. The van der Waals surface area contributed by atoms with Crippen LogP contribution in [-0.4, -0.2) is 19.5 Å². The van der Waals surface area contributed by atoms with Crippen LogP contribution < -0.4 is 0 Å². The molecule has 0 saturated heterocycles. The van der Waals surface area contributed by atoms with Crippen molar-refractivity contribution in [1.82, 2.24) is 19.5 Å². The molecule has 6 heteroatoms. The first-order valence-corrected chi connectivity index (χ1v) is 17.9. The van der Waals surface area contributed by atoms with Crippen LogP contribution in [0.3, 0.4) is 0 Å². The Hall–Kier alpha value is -5.42. The van der Waals surface area contributed by atoms with Gasteiger partial charge in [-0.05, 0) is 59.3 Å². The van der Waals surface area contributed by atoms with Crippen LogP contribution in [-0.2, 0) is 20.1 Å². The van der Waals surface area contributed by atoms with Crippen molar-refractivity contribution in [2.24, 2.45) is 0 Å². The van der Waals surface area contributed by atoms with Crippen LogP contribution in [0.4, 0.5) is 0 Å². The second-order valence-electron chi connectivity index (χ2n) is 14.1. The van der Waals surface area contributed by atoms with Crippen LogP contribution in [0.5, 0.6) is 0 Å². The molecule has 0 aliphatic rings. The Morgan fingerprint density at radius 2 is 1.43 bits per heavy atom. The summed E-state index contributed by atoms with van der Waals surface area (Å²) in [5.41, 5.74) is 13.3. The van der Waals surface area contributed by atoms with E-state index in [0.29, 0.717) is 17.5 Å². The molecule has 9 rings (SSSR count). The zero-order valence-electron chi connectivity index (χ0n) is 30.7. The average Bonchev–Trinajstić information content (AvgIpc) is 3.72. The number of hydrogen-bond donors (Lipinski definition) is 0. The third-order valence-corrected chi connectivity index (χ3v) is 9.63. The van der Waals surface area contributed by atoms with Crippen molar-refractivity contribution < 1.29 is 24.5 Å². The molecule has 9 aromatic rings. The summed E-state index contributed by atoms with van der Waals surface area (Å²) < 4.78 is 8.76. The van der Waals surface area contributed by atoms with E-state index >= 15 is 0 Å². The topological polar surface area (TPSA) is 56.7 Å². The van der Waals surface area contributed by atoms with Gasteiger partial charge in [-0.2, -0.15) is 0 Å². The van der Waals surface area contributed by atoms with Gasteiger partial charge in [0.2, 0.25) is 0 Å². The summed E-state index contributed by atoms with van der Waals surface area (Å²) in [5, 5.41) is 3.24. The molecule has 0 bridgehead atoms. The van der Waals surface area contributed by atoms with Crippen molar-refractivity contribution in [3.63, 3.8) is 0 Å². The molecule has 0 fully saturated rings. The van der Waals surface area contributed by atoms with Crippen molar-refractivity contribution >= 4 is 44.0 Å². The van der Waals surface area contributed by atoms with Crippen molar-refractivity contribution in [1.29, 1.82) is 0 Å². The van der Waals surface area contributed by atoms with E-state index in [2.05, 4.69) is 117 Å². The summed E-state index contributed by atoms with van der Waals surface area (Å²) in [6.45, 7) is 13.1. The Morgan fingerprint density at radius 1 is 0.698 bits per heavy atom.